The van der Waals surface area contributed by atoms with Crippen LogP contribution in [0.15, 0.2) is 18.2 Å². The third kappa shape index (κ3) is 3.70. The lowest BCUT2D eigenvalue weighted by Gasteiger charge is -2.16. The minimum absolute atomic E-state index is 0.0973. The third-order valence-corrected chi connectivity index (χ3v) is 3.68. The maximum Gasteiger partial charge on any atom is 0.224 e. The van der Waals surface area contributed by atoms with Crippen molar-refractivity contribution in [2.75, 3.05) is 11.9 Å². The second-order valence-corrected chi connectivity index (χ2v) is 5.18. The van der Waals surface area contributed by atoms with E-state index in [-0.39, 0.29) is 23.7 Å². The number of nitrogens with two attached hydrogens (primary N) is 1. The molecule has 0 unspecified atom stereocenters. The Bertz CT molecular complexity index is 479. The van der Waals surface area contributed by atoms with Gasteiger partial charge in [-0.05, 0) is 37.8 Å². The van der Waals surface area contributed by atoms with Gasteiger partial charge < -0.3 is 15.8 Å². The van der Waals surface area contributed by atoms with Crippen LogP contribution in [0.1, 0.15) is 32.6 Å². The summed E-state index contributed by atoms with van der Waals surface area (Å²) in [7, 11) is 0. The molecule has 0 bridgehead atoms. The Hall–Kier alpha value is -1.62. The first kappa shape index (κ1) is 14.8. The average Bonchev–Trinajstić information content (AvgIpc) is 2.79. The molecular formula is C15H21FN2O2. The summed E-state index contributed by atoms with van der Waals surface area (Å²) >= 11 is 0. The number of hydrogen-bond donors (Lipinski definition) is 2. The first-order valence-electron chi connectivity index (χ1n) is 7.08. The predicted molar refractivity (Wildman–Crippen MR) is 76.1 cm³/mol. The number of halogens is 1. The molecule has 2 atom stereocenters. The Balaban J connectivity index is 2.00. The van der Waals surface area contributed by atoms with E-state index < -0.39 is 0 Å². The molecule has 5 heteroatoms. The van der Waals surface area contributed by atoms with E-state index in [1.165, 1.54) is 18.2 Å². The number of hydrogen-bond acceptors (Lipinski definition) is 3. The van der Waals surface area contributed by atoms with Gasteiger partial charge in [0.1, 0.15) is 11.6 Å². The Morgan fingerprint density at radius 3 is 2.95 bits per heavy atom. The lowest BCUT2D eigenvalue weighted by Crippen LogP contribution is -2.28. The van der Waals surface area contributed by atoms with E-state index >= 15 is 0 Å². The van der Waals surface area contributed by atoms with Crippen molar-refractivity contribution in [2.24, 2.45) is 11.7 Å². The molecule has 0 aliphatic heterocycles. The lowest BCUT2D eigenvalue weighted by atomic mass is 10.00. The molecule has 1 aromatic carbocycles. The van der Waals surface area contributed by atoms with E-state index in [0.717, 1.165) is 19.3 Å². The van der Waals surface area contributed by atoms with Crippen LogP contribution in [0.25, 0.3) is 0 Å². The van der Waals surface area contributed by atoms with Crippen molar-refractivity contribution in [3.8, 4) is 5.75 Å². The maximum absolute atomic E-state index is 13.2. The van der Waals surface area contributed by atoms with E-state index in [4.69, 9.17) is 10.5 Å². The van der Waals surface area contributed by atoms with Crippen molar-refractivity contribution in [1.29, 1.82) is 0 Å². The Morgan fingerprint density at radius 2 is 2.30 bits per heavy atom. The van der Waals surface area contributed by atoms with Gasteiger partial charge in [0.25, 0.3) is 0 Å². The molecule has 2 rings (SSSR count). The predicted octanol–water partition coefficient (Wildman–Crippen LogP) is 2.68. The van der Waals surface area contributed by atoms with E-state index in [2.05, 4.69) is 5.32 Å². The van der Waals surface area contributed by atoms with Crippen LogP contribution in [0.5, 0.6) is 5.75 Å². The number of carbonyl (C=O) groups excluding carboxylic acids is 1. The van der Waals surface area contributed by atoms with Crippen LogP contribution in [0, 0.1) is 11.7 Å². The summed E-state index contributed by atoms with van der Waals surface area (Å²) < 4.78 is 18.5. The zero-order chi connectivity index (χ0) is 14.5. The van der Waals surface area contributed by atoms with Gasteiger partial charge in [0.2, 0.25) is 5.91 Å². The molecule has 0 spiro atoms. The molecule has 0 aromatic heterocycles. The largest absolute Gasteiger partial charge is 0.492 e. The maximum atomic E-state index is 13.2. The number of benzene rings is 1. The smallest absolute Gasteiger partial charge is 0.224 e. The van der Waals surface area contributed by atoms with Gasteiger partial charge in [0, 0.05) is 18.5 Å². The molecule has 3 N–H and O–H groups in total. The number of nitrogens with one attached hydrogen (secondary N) is 1. The third-order valence-electron chi connectivity index (χ3n) is 3.68. The highest BCUT2D eigenvalue weighted by molar-refractivity contribution is 5.92. The van der Waals surface area contributed by atoms with Crippen LogP contribution in [0.3, 0.4) is 0 Å². The fraction of sp³-hybridized carbons (Fsp3) is 0.533. The highest BCUT2D eigenvalue weighted by atomic mass is 19.1. The molecule has 1 saturated carbocycles. The normalized spacial score (nSPS) is 21.8. The average molecular weight is 280 g/mol. The van der Waals surface area contributed by atoms with Crippen molar-refractivity contribution in [2.45, 2.75) is 38.6 Å². The zero-order valence-corrected chi connectivity index (χ0v) is 11.7. The summed E-state index contributed by atoms with van der Waals surface area (Å²) in [6, 6.07) is 4.22. The second-order valence-electron chi connectivity index (χ2n) is 5.18. The van der Waals surface area contributed by atoms with E-state index in [9.17, 15) is 9.18 Å². The fourth-order valence-corrected chi connectivity index (χ4v) is 2.63. The van der Waals surface area contributed by atoms with E-state index in [1.54, 1.807) is 0 Å². The second kappa shape index (κ2) is 6.70. The highest BCUT2D eigenvalue weighted by Gasteiger charge is 2.26. The molecule has 1 aliphatic carbocycles. The van der Waals surface area contributed by atoms with Crippen LogP contribution in [-0.2, 0) is 4.79 Å². The number of ether oxygens (including phenoxy) is 1. The van der Waals surface area contributed by atoms with Gasteiger partial charge in [-0.15, -0.1) is 0 Å². The number of rotatable bonds is 5. The fourth-order valence-electron chi connectivity index (χ4n) is 2.63. The minimum Gasteiger partial charge on any atom is -0.492 e. The standard InChI is InChI=1S/C15H21FN2O2/c1-2-20-14-9-11(16)6-7-13(14)18-15(19)8-10-4-3-5-12(10)17/h6-7,9-10,12H,2-5,8,17H2,1H3,(H,18,19)/t10-,12+/m0/s1. The molecule has 1 amide bonds. The van der Waals surface area contributed by atoms with Crippen LogP contribution in [0.4, 0.5) is 10.1 Å². The quantitative estimate of drug-likeness (QED) is 0.871. The summed E-state index contributed by atoms with van der Waals surface area (Å²) in [4.78, 5) is 12.0. The summed E-state index contributed by atoms with van der Waals surface area (Å²) in [5.74, 6) is 0.117. The van der Waals surface area contributed by atoms with Crippen molar-refractivity contribution in [1.82, 2.24) is 0 Å². The van der Waals surface area contributed by atoms with Gasteiger partial charge >= 0.3 is 0 Å². The van der Waals surface area contributed by atoms with Crippen molar-refractivity contribution in [3.05, 3.63) is 24.0 Å². The zero-order valence-electron chi connectivity index (χ0n) is 11.7. The summed E-state index contributed by atoms with van der Waals surface area (Å²) in [5.41, 5.74) is 6.47. The molecule has 1 aromatic rings. The van der Waals surface area contributed by atoms with E-state index in [0.29, 0.717) is 24.5 Å². The van der Waals surface area contributed by atoms with Crippen LogP contribution in [-0.4, -0.2) is 18.6 Å². The summed E-state index contributed by atoms with van der Waals surface area (Å²) in [6.45, 7) is 2.23. The first-order chi connectivity index (χ1) is 9.60. The Morgan fingerprint density at radius 1 is 1.50 bits per heavy atom. The molecule has 0 saturated heterocycles. The molecule has 1 aliphatic rings. The Kier molecular flexibility index (Phi) is 4.95. The van der Waals surface area contributed by atoms with Crippen molar-refractivity contribution >= 4 is 11.6 Å². The number of carbonyl (C=O) groups is 1. The molecule has 110 valence electrons. The lowest BCUT2D eigenvalue weighted by molar-refractivity contribution is -0.117. The molecule has 20 heavy (non-hydrogen) atoms. The minimum atomic E-state index is -0.385. The van der Waals surface area contributed by atoms with Crippen LogP contribution in [0.2, 0.25) is 0 Å². The molecule has 0 heterocycles. The summed E-state index contributed by atoms with van der Waals surface area (Å²) in [6.07, 6.45) is 3.47. The van der Waals surface area contributed by atoms with Gasteiger partial charge in [-0.2, -0.15) is 0 Å². The van der Waals surface area contributed by atoms with Crippen molar-refractivity contribution in [3.63, 3.8) is 0 Å². The van der Waals surface area contributed by atoms with Gasteiger partial charge in [-0.1, -0.05) is 6.42 Å². The van der Waals surface area contributed by atoms with Crippen LogP contribution < -0.4 is 15.8 Å². The number of amides is 1. The van der Waals surface area contributed by atoms with Crippen molar-refractivity contribution < 1.29 is 13.9 Å². The molecule has 4 nitrogen and oxygen atoms in total. The first-order valence-corrected chi connectivity index (χ1v) is 7.08. The number of anilines is 1. The van der Waals surface area contributed by atoms with Gasteiger partial charge in [0.15, 0.2) is 0 Å². The van der Waals surface area contributed by atoms with Gasteiger partial charge in [-0.25, -0.2) is 4.39 Å². The van der Waals surface area contributed by atoms with E-state index in [1.807, 2.05) is 6.92 Å². The van der Waals surface area contributed by atoms with Gasteiger partial charge in [0.05, 0.1) is 12.3 Å². The topological polar surface area (TPSA) is 64.3 Å². The van der Waals surface area contributed by atoms with Crippen LogP contribution >= 0.6 is 0 Å². The van der Waals surface area contributed by atoms with Gasteiger partial charge in [-0.3, -0.25) is 4.79 Å². The monoisotopic (exact) mass is 280 g/mol. The SMILES string of the molecule is CCOc1cc(F)ccc1NC(=O)C[C@@H]1CCC[C@H]1N. The highest BCUT2D eigenvalue weighted by Crippen LogP contribution is 2.29. The Labute approximate surface area is 118 Å². The molecule has 0 radical (unpaired) electrons. The molecular weight excluding hydrogens is 259 g/mol. The summed E-state index contributed by atoms with van der Waals surface area (Å²) in [5, 5.41) is 2.78. The molecule has 1 fully saturated rings.